The van der Waals surface area contributed by atoms with Crippen LogP contribution in [0.5, 0.6) is 5.88 Å². The standard InChI is InChI=1S/C12H16N4O7S/c1-24(19,20)22-3-2-7-5-16(12(18)23-7)8-4-13-11-10(14-8)15-9(17)6-21-11/h4,7,19-20H,2-3,5-6H2,1H3,(H,14,15,17). The topological polar surface area (TPSA) is 143 Å². The van der Waals surface area contributed by atoms with E-state index in [0.29, 0.717) is 6.42 Å². The third kappa shape index (κ3) is 3.84. The third-order valence-electron chi connectivity index (χ3n) is 3.22. The van der Waals surface area contributed by atoms with Gasteiger partial charge in [0, 0.05) is 12.7 Å². The molecular weight excluding hydrogens is 344 g/mol. The highest BCUT2D eigenvalue weighted by molar-refractivity contribution is 8.19. The molecule has 1 unspecified atom stereocenters. The molecule has 1 atom stereocenters. The number of aromatic nitrogens is 2. The summed E-state index contributed by atoms with van der Waals surface area (Å²) in [5.74, 6) is 0.187. The van der Waals surface area contributed by atoms with E-state index in [-0.39, 0.29) is 43.2 Å². The van der Waals surface area contributed by atoms with E-state index in [2.05, 4.69) is 15.3 Å². The van der Waals surface area contributed by atoms with E-state index in [4.69, 9.17) is 22.8 Å². The van der Waals surface area contributed by atoms with Gasteiger partial charge >= 0.3 is 6.09 Å². The first-order valence-electron chi connectivity index (χ1n) is 6.97. The number of ether oxygens (including phenoxy) is 2. The minimum absolute atomic E-state index is 0.0321. The van der Waals surface area contributed by atoms with Crippen molar-refractivity contribution in [1.82, 2.24) is 9.97 Å². The number of anilines is 2. The van der Waals surface area contributed by atoms with Crippen molar-refractivity contribution in [2.24, 2.45) is 0 Å². The van der Waals surface area contributed by atoms with E-state index in [0.717, 1.165) is 0 Å². The predicted octanol–water partition coefficient (Wildman–Crippen LogP) is 0.835. The Morgan fingerprint density at radius 1 is 1.50 bits per heavy atom. The monoisotopic (exact) mass is 360 g/mol. The van der Waals surface area contributed by atoms with Crippen LogP contribution in [0.4, 0.5) is 16.4 Å². The summed E-state index contributed by atoms with van der Waals surface area (Å²) in [5.41, 5.74) is 0. The van der Waals surface area contributed by atoms with Crippen LogP contribution in [0.25, 0.3) is 0 Å². The first kappa shape index (κ1) is 16.7. The Bertz CT molecular complexity index is 665. The van der Waals surface area contributed by atoms with Crippen molar-refractivity contribution in [3.8, 4) is 5.88 Å². The van der Waals surface area contributed by atoms with E-state index < -0.39 is 23.1 Å². The lowest BCUT2D eigenvalue weighted by Crippen LogP contribution is -2.29. The molecule has 2 amide bonds. The van der Waals surface area contributed by atoms with Crippen molar-refractivity contribution in [2.45, 2.75) is 12.5 Å². The van der Waals surface area contributed by atoms with Crippen LogP contribution in [0.15, 0.2) is 6.20 Å². The number of hydrogen-bond acceptors (Lipinski definition) is 9. The van der Waals surface area contributed by atoms with Crippen LogP contribution in [0.3, 0.4) is 0 Å². The molecule has 3 N–H and O–H groups in total. The quantitative estimate of drug-likeness (QED) is 0.695. The smallest absolute Gasteiger partial charge is 0.415 e. The molecule has 0 saturated carbocycles. The van der Waals surface area contributed by atoms with Crippen molar-refractivity contribution >= 4 is 34.5 Å². The molecule has 1 fully saturated rings. The van der Waals surface area contributed by atoms with Gasteiger partial charge in [0.05, 0.1) is 30.2 Å². The van der Waals surface area contributed by atoms with Gasteiger partial charge in [-0.3, -0.25) is 13.9 Å². The molecule has 3 rings (SSSR count). The van der Waals surface area contributed by atoms with Crippen molar-refractivity contribution in [1.29, 1.82) is 0 Å². The summed E-state index contributed by atoms with van der Waals surface area (Å²) in [5, 5.41) is 2.51. The van der Waals surface area contributed by atoms with Gasteiger partial charge in [0.2, 0.25) is 0 Å². The van der Waals surface area contributed by atoms with Crippen molar-refractivity contribution in [3.05, 3.63) is 6.20 Å². The zero-order valence-electron chi connectivity index (χ0n) is 12.7. The number of hydrogen-bond donors (Lipinski definition) is 3. The van der Waals surface area contributed by atoms with Gasteiger partial charge in [0.1, 0.15) is 6.10 Å². The lowest BCUT2D eigenvalue weighted by atomic mass is 10.2. The normalized spacial score (nSPS) is 21.0. The second kappa shape index (κ2) is 6.39. The van der Waals surface area contributed by atoms with E-state index in [9.17, 15) is 9.59 Å². The largest absolute Gasteiger partial charge is 0.465 e. The van der Waals surface area contributed by atoms with Gasteiger partial charge in [0.15, 0.2) is 18.2 Å². The zero-order valence-corrected chi connectivity index (χ0v) is 13.5. The van der Waals surface area contributed by atoms with Crippen molar-refractivity contribution < 1.29 is 32.4 Å². The van der Waals surface area contributed by atoms with Gasteiger partial charge in [-0.05, 0) is 0 Å². The summed E-state index contributed by atoms with van der Waals surface area (Å²) < 4.78 is 33.4. The number of cyclic esters (lactones) is 1. The number of nitrogens with zero attached hydrogens (tertiary/aromatic N) is 3. The third-order valence-corrected chi connectivity index (χ3v) is 3.83. The summed E-state index contributed by atoms with van der Waals surface area (Å²) in [7, 11) is -3.04. The first-order chi connectivity index (χ1) is 11.3. The molecule has 0 spiro atoms. The molecule has 2 aliphatic rings. The molecule has 24 heavy (non-hydrogen) atoms. The molecule has 0 bridgehead atoms. The van der Waals surface area contributed by atoms with E-state index in [1.54, 1.807) is 0 Å². The first-order valence-corrected chi connectivity index (χ1v) is 8.85. The fourth-order valence-electron chi connectivity index (χ4n) is 2.18. The van der Waals surface area contributed by atoms with Gasteiger partial charge < -0.3 is 23.9 Å². The number of carbonyl (C=O) groups is 2. The Kier molecular flexibility index (Phi) is 4.45. The summed E-state index contributed by atoms with van der Waals surface area (Å²) in [6.45, 7) is 0.100. The molecule has 1 saturated heterocycles. The van der Waals surface area contributed by atoms with Crippen molar-refractivity contribution in [2.75, 3.05) is 36.2 Å². The Morgan fingerprint density at radius 3 is 3.04 bits per heavy atom. The van der Waals surface area contributed by atoms with Crippen LogP contribution in [0.2, 0.25) is 0 Å². The van der Waals surface area contributed by atoms with Gasteiger partial charge in [-0.15, -0.1) is 0 Å². The van der Waals surface area contributed by atoms with Gasteiger partial charge in [0.25, 0.3) is 11.8 Å². The van der Waals surface area contributed by atoms with Crippen LogP contribution in [-0.2, 0) is 13.7 Å². The highest BCUT2D eigenvalue weighted by Gasteiger charge is 2.34. The van der Waals surface area contributed by atoms with Crippen LogP contribution in [0.1, 0.15) is 6.42 Å². The highest BCUT2D eigenvalue weighted by atomic mass is 32.3. The zero-order chi connectivity index (χ0) is 17.3. The Hall–Kier alpha value is -2.15. The second-order valence-corrected chi connectivity index (χ2v) is 6.97. The fourth-order valence-corrected chi connectivity index (χ4v) is 2.60. The van der Waals surface area contributed by atoms with Crippen LogP contribution in [-0.4, -0.2) is 63.2 Å². The van der Waals surface area contributed by atoms with Crippen LogP contribution in [0, 0.1) is 0 Å². The fraction of sp³-hybridized carbons (Fsp3) is 0.500. The summed E-state index contributed by atoms with van der Waals surface area (Å²) in [4.78, 5) is 32.7. The lowest BCUT2D eigenvalue weighted by Gasteiger charge is -2.21. The molecule has 0 radical (unpaired) electrons. The van der Waals surface area contributed by atoms with Crippen LogP contribution < -0.4 is 15.0 Å². The number of carbonyl (C=O) groups excluding carboxylic acids is 2. The summed E-state index contributed by atoms with van der Waals surface area (Å²) in [6.07, 6.45) is 1.71. The lowest BCUT2D eigenvalue weighted by molar-refractivity contribution is -0.118. The maximum Gasteiger partial charge on any atom is 0.415 e. The van der Waals surface area contributed by atoms with E-state index in [1.165, 1.54) is 17.4 Å². The molecule has 0 aromatic carbocycles. The number of amides is 2. The average Bonchev–Trinajstić information content (AvgIpc) is 2.86. The molecule has 11 nitrogen and oxygen atoms in total. The molecule has 3 heterocycles. The molecule has 132 valence electrons. The maximum atomic E-state index is 12.0. The van der Waals surface area contributed by atoms with Gasteiger partial charge in [-0.25, -0.2) is 14.8 Å². The molecular formula is C12H16N4O7S. The molecule has 1 aromatic heterocycles. The number of nitrogens with one attached hydrogen (secondary N) is 1. The Morgan fingerprint density at radius 2 is 2.29 bits per heavy atom. The Labute approximate surface area is 138 Å². The van der Waals surface area contributed by atoms with Gasteiger partial charge in [-0.1, -0.05) is 0 Å². The summed E-state index contributed by atoms with van der Waals surface area (Å²) >= 11 is 0. The minimum Gasteiger partial charge on any atom is -0.465 e. The molecule has 1 aromatic rings. The SMILES string of the molecule is CS(O)(O)OCCC1CN(c2cnc3c(n2)NC(=O)CO3)C(=O)O1. The second-order valence-electron chi connectivity index (χ2n) is 5.21. The average molecular weight is 360 g/mol. The van der Waals surface area contributed by atoms with E-state index in [1.807, 2.05) is 0 Å². The maximum absolute atomic E-state index is 12.0. The van der Waals surface area contributed by atoms with Gasteiger partial charge in [-0.2, -0.15) is 0 Å². The molecule has 12 heteroatoms. The molecule has 2 aliphatic heterocycles. The highest BCUT2D eigenvalue weighted by Crippen LogP contribution is 2.35. The minimum atomic E-state index is -3.04. The molecule has 0 aliphatic carbocycles. The van der Waals surface area contributed by atoms with Crippen molar-refractivity contribution in [3.63, 3.8) is 0 Å². The van der Waals surface area contributed by atoms with E-state index >= 15 is 0 Å². The number of rotatable bonds is 5. The predicted molar refractivity (Wildman–Crippen MR) is 83.1 cm³/mol. The summed E-state index contributed by atoms with van der Waals surface area (Å²) in [6, 6.07) is 0. The van der Waals surface area contributed by atoms with Crippen LogP contribution >= 0.6 is 10.9 Å². The Balaban J connectivity index is 1.64. The number of fused-ring (bicyclic) bond motifs is 1.